The first-order chi connectivity index (χ1) is 20.3. The molecule has 0 unspecified atom stereocenters. The molecule has 212 valence electrons. The SMILES string of the molecule is COc1ccc(CN2C(=O)C[C@H]([C@]3(Cc4ccc(Br)cc4)C(=O)N(Cc4ccccc4)c4cc(Br)ccc43)C2=O)cc1. The van der Waals surface area contributed by atoms with Gasteiger partial charge in [0.2, 0.25) is 17.7 Å². The monoisotopic (exact) mass is 686 g/mol. The standard InChI is InChI=1S/C34H28Br2N2O4/c1-42-27-14-9-24(10-15-27)21-38-31(39)18-29(32(38)40)34(19-22-7-11-25(35)12-8-22)28-16-13-26(36)17-30(28)37(33(34)41)20-23-5-3-2-4-6-23/h2-17,29H,18-21H2,1H3/t29-,34+/m0/s1. The number of halogens is 2. The largest absolute Gasteiger partial charge is 0.497 e. The molecule has 2 atom stereocenters. The van der Waals surface area contributed by atoms with Crippen molar-refractivity contribution in [1.29, 1.82) is 0 Å². The van der Waals surface area contributed by atoms with E-state index in [0.717, 1.165) is 36.9 Å². The maximum absolute atomic E-state index is 14.9. The van der Waals surface area contributed by atoms with Gasteiger partial charge < -0.3 is 9.64 Å². The van der Waals surface area contributed by atoms with Crippen LogP contribution >= 0.6 is 31.9 Å². The number of ether oxygens (including phenoxy) is 1. The Morgan fingerprint density at radius 1 is 0.762 bits per heavy atom. The van der Waals surface area contributed by atoms with Gasteiger partial charge in [0.15, 0.2) is 0 Å². The number of carbonyl (C=O) groups is 3. The van der Waals surface area contributed by atoms with Crippen LogP contribution in [-0.4, -0.2) is 29.7 Å². The van der Waals surface area contributed by atoms with Gasteiger partial charge in [-0.3, -0.25) is 19.3 Å². The van der Waals surface area contributed by atoms with Gasteiger partial charge >= 0.3 is 0 Å². The zero-order valence-electron chi connectivity index (χ0n) is 22.9. The van der Waals surface area contributed by atoms with E-state index >= 15 is 0 Å². The Hall–Kier alpha value is -3.75. The molecular formula is C34H28Br2N2O4. The van der Waals surface area contributed by atoms with Crippen molar-refractivity contribution in [3.05, 3.63) is 128 Å². The molecule has 4 aromatic rings. The van der Waals surface area contributed by atoms with Crippen LogP contribution in [0.5, 0.6) is 5.75 Å². The summed E-state index contributed by atoms with van der Waals surface area (Å²) in [6, 6.07) is 30.7. The number of rotatable bonds is 8. The second-order valence-electron chi connectivity index (χ2n) is 10.7. The molecular weight excluding hydrogens is 660 g/mol. The van der Waals surface area contributed by atoms with Crippen molar-refractivity contribution in [2.75, 3.05) is 12.0 Å². The molecule has 42 heavy (non-hydrogen) atoms. The minimum absolute atomic E-state index is 0.0358. The number of hydrogen-bond acceptors (Lipinski definition) is 4. The number of carbonyl (C=O) groups excluding carboxylic acids is 3. The fraction of sp³-hybridized carbons (Fsp3) is 0.206. The van der Waals surface area contributed by atoms with Crippen molar-refractivity contribution < 1.29 is 19.1 Å². The molecule has 0 spiro atoms. The molecule has 0 radical (unpaired) electrons. The van der Waals surface area contributed by atoms with Crippen LogP contribution < -0.4 is 9.64 Å². The second-order valence-corrected chi connectivity index (χ2v) is 12.6. The first kappa shape index (κ1) is 28.4. The highest BCUT2D eigenvalue weighted by atomic mass is 79.9. The normalized spacial score (nSPS) is 19.9. The van der Waals surface area contributed by atoms with Crippen molar-refractivity contribution in [3.8, 4) is 5.75 Å². The zero-order chi connectivity index (χ0) is 29.4. The molecule has 6 nitrogen and oxygen atoms in total. The van der Waals surface area contributed by atoms with Crippen LogP contribution in [0, 0.1) is 5.92 Å². The number of hydrogen-bond donors (Lipinski definition) is 0. The summed E-state index contributed by atoms with van der Waals surface area (Å²) in [5.74, 6) is -0.914. The fourth-order valence-electron chi connectivity index (χ4n) is 6.20. The minimum Gasteiger partial charge on any atom is -0.497 e. The van der Waals surface area contributed by atoms with Crippen LogP contribution in [0.15, 0.2) is 106 Å². The smallest absolute Gasteiger partial charge is 0.239 e. The lowest BCUT2D eigenvalue weighted by molar-refractivity contribution is -0.142. The predicted molar refractivity (Wildman–Crippen MR) is 168 cm³/mol. The molecule has 1 fully saturated rings. The topological polar surface area (TPSA) is 66.9 Å². The van der Waals surface area contributed by atoms with Gasteiger partial charge in [0.25, 0.3) is 0 Å². The Labute approximate surface area is 261 Å². The maximum Gasteiger partial charge on any atom is 0.239 e. The van der Waals surface area contributed by atoms with Crippen LogP contribution in [0.25, 0.3) is 0 Å². The Morgan fingerprint density at radius 3 is 2.07 bits per heavy atom. The average molecular weight is 688 g/mol. The number of likely N-dealkylation sites (tertiary alicyclic amines) is 1. The van der Waals surface area contributed by atoms with E-state index in [9.17, 15) is 14.4 Å². The van der Waals surface area contributed by atoms with Gasteiger partial charge in [0.1, 0.15) is 5.75 Å². The molecule has 8 heteroatoms. The molecule has 0 bridgehead atoms. The Morgan fingerprint density at radius 2 is 1.38 bits per heavy atom. The van der Waals surface area contributed by atoms with Gasteiger partial charge in [0.05, 0.1) is 31.5 Å². The summed E-state index contributed by atoms with van der Waals surface area (Å²) in [6.07, 6.45) is 0.255. The fourth-order valence-corrected chi connectivity index (χ4v) is 6.81. The quantitative estimate of drug-likeness (QED) is 0.191. The molecule has 6 rings (SSSR count). The number of fused-ring (bicyclic) bond motifs is 1. The molecule has 1 saturated heterocycles. The van der Waals surface area contributed by atoms with E-state index < -0.39 is 11.3 Å². The number of benzene rings is 4. The summed E-state index contributed by atoms with van der Waals surface area (Å²) >= 11 is 7.09. The number of amides is 3. The van der Waals surface area contributed by atoms with Crippen molar-refractivity contribution in [1.82, 2.24) is 4.90 Å². The number of nitrogens with zero attached hydrogens (tertiary/aromatic N) is 2. The van der Waals surface area contributed by atoms with Gasteiger partial charge in [-0.25, -0.2) is 0 Å². The molecule has 2 aliphatic heterocycles. The highest BCUT2D eigenvalue weighted by Gasteiger charge is 2.61. The number of methoxy groups -OCH3 is 1. The minimum atomic E-state index is -1.25. The highest BCUT2D eigenvalue weighted by molar-refractivity contribution is 9.10. The Balaban J connectivity index is 1.45. The number of anilines is 1. The van der Waals surface area contributed by atoms with Crippen LogP contribution in [-0.2, 0) is 39.3 Å². The molecule has 0 saturated carbocycles. The lowest BCUT2D eigenvalue weighted by Crippen LogP contribution is -2.49. The molecule has 2 heterocycles. The summed E-state index contributed by atoms with van der Waals surface area (Å²) in [7, 11) is 1.59. The highest BCUT2D eigenvalue weighted by Crippen LogP contribution is 2.52. The van der Waals surface area contributed by atoms with E-state index in [1.165, 1.54) is 4.90 Å². The molecule has 3 amide bonds. The summed E-state index contributed by atoms with van der Waals surface area (Å²) < 4.78 is 7.01. The predicted octanol–water partition coefficient (Wildman–Crippen LogP) is 6.82. The van der Waals surface area contributed by atoms with Crippen molar-refractivity contribution in [2.45, 2.75) is 31.3 Å². The van der Waals surface area contributed by atoms with E-state index in [2.05, 4.69) is 31.9 Å². The molecule has 0 aliphatic carbocycles. The van der Waals surface area contributed by atoms with Gasteiger partial charge in [-0.05, 0) is 65.1 Å². The second kappa shape index (κ2) is 11.5. The first-order valence-corrected chi connectivity index (χ1v) is 15.3. The van der Waals surface area contributed by atoms with E-state index in [1.54, 1.807) is 12.0 Å². The zero-order valence-corrected chi connectivity index (χ0v) is 26.1. The Kier molecular flexibility index (Phi) is 7.77. The van der Waals surface area contributed by atoms with Crippen molar-refractivity contribution >= 4 is 55.3 Å². The molecule has 0 N–H and O–H groups in total. The van der Waals surface area contributed by atoms with E-state index in [1.807, 2.05) is 97.1 Å². The summed E-state index contributed by atoms with van der Waals surface area (Å²) in [5, 5.41) is 0. The van der Waals surface area contributed by atoms with E-state index in [-0.39, 0.29) is 30.7 Å². The third kappa shape index (κ3) is 5.07. The van der Waals surface area contributed by atoms with Crippen LogP contribution in [0.1, 0.15) is 28.7 Å². The number of imide groups is 1. The van der Waals surface area contributed by atoms with Crippen LogP contribution in [0.2, 0.25) is 0 Å². The van der Waals surface area contributed by atoms with E-state index in [4.69, 9.17) is 4.74 Å². The van der Waals surface area contributed by atoms with Crippen molar-refractivity contribution in [2.24, 2.45) is 5.92 Å². The van der Waals surface area contributed by atoms with Gasteiger partial charge in [-0.1, -0.05) is 92.5 Å². The van der Waals surface area contributed by atoms with Gasteiger partial charge in [-0.15, -0.1) is 0 Å². The molecule has 2 aliphatic rings. The lowest BCUT2D eigenvalue weighted by Gasteiger charge is -2.33. The third-order valence-electron chi connectivity index (χ3n) is 8.28. The molecule has 4 aromatic carbocycles. The van der Waals surface area contributed by atoms with Crippen LogP contribution in [0.3, 0.4) is 0 Å². The lowest BCUT2D eigenvalue weighted by atomic mass is 9.66. The molecule has 0 aromatic heterocycles. The van der Waals surface area contributed by atoms with Gasteiger partial charge in [0, 0.05) is 21.1 Å². The van der Waals surface area contributed by atoms with E-state index in [0.29, 0.717) is 18.7 Å². The summed E-state index contributed by atoms with van der Waals surface area (Å²) in [5.41, 5.74) is 2.98. The summed E-state index contributed by atoms with van der Waals surface area (Å²) in [4.78, 5) is 45.7. The summed E-state index contributed by atoms with van der Waals surface area (Å²) in [6.45, 7) is 0.497. The van der Waals surface area contributed by atoms with Crippen LogP contribution in [0.4, 0.5) is 5.69 Å². The van der Waals surface area contributed by atoms with Crippen molar-refractivity contribution in [3.63, 3.8) is 0 Å². The third-order valence-corrected chi connectivity index (χ3v) is 9.30. The Bertz CT molecular complexity index is 1660. The average Bonchev–Trinajstić information content (AvgIpc) is 3.40. The maximum atomic E-state index is 14.9. The van der Waals surface area contributed by atoms with Gasteiger partial charge in [-0.2, -0.15) is 0 Å². The first-order valence-electron chi connectivity index (χ1n) is 13.7.